The fraction of sp³-hybridized carbons (Fsp3) is 0.167. The van der Waals surface area contributed by atoms with Gasteiger partial charge in [0.05, 0.1) is 12.7 Å². The first kappa shape index (κ1) is 10.4. The van der Waals surface area contributed by atoms with Crippen LogP contribution in [0.25, 0.3) is 5.76 Å². The second kappa shape index (κ2) is 3.48. The number of aliphatic hydroxyl groups excluding tert-OH is 1. The third-order valence-electron chi connectivity index (χ3n) is 2.63. The summed E-state index contributed by atoms with van der Waals surface area (Å²) in [4.78, 5) is 23.3. The van der Waals surface area contributed by atoms with Crippen LogP contribution in [0.1, 0.15) is 22.8 Å². The SMILES string of the molecule is COc1cccc2c1C(=O)C(=O)C(C)=C2O. The molecule has 0 atom stereocenters. The van der Waals surface area contributed by atoms with Gasteiger partial charge in [0.25, 0.3) is 0 Å². The number of fused-ring (bicyclic) bond motifs is 1. The number of ketones is 2. The molecule has 0 radical (unpaired) electrons. The van der Waals surface area contributed by atoms with E-state index >= 15 is 0 Å². The Morgan fingerprint density at radius 1 is 1.19 bits per heavy atom. The minimum absolute atomic E-state index is 0.0748. The molecule has 0 aromatic heterocycles. The first-order valence-electron chi connectivity index (χ1n) is 4.74. The van der Waals surface area contributed by atoms with Gasteiger partial charge in [0.15, 0.2) is 0 Å². The number of benzene rings is 1. The number of Topliss-reactive ketones (excluding diaryl/α,β-unsaturated/α-hetero) is 2. The van der Waals surface area contributed by atoms with Crippen LogP contribution in [0, 0.1) is 0 Å². The molecule has 0 saturated heterocycles. The molecular formula is C12H10O4. The topological polar surface area (TPSA) is 63.6 Å². The predicted octanol–water partition coefficient (Wildman–Crippen LogP) is 1.75. The molecule has 0 fully saturated rings. The van der Waals surface area contributed by atoms with Crippen LogP contribution in [-0.4, -0.2) is 23.8 Å². The molecule has 0 amide bonds. The quantitative estimate of drug-likeness (QED) is 0.729. The summed E-state index contributed by atoms with van der Waals surface area (Å²) in [7, 11) is 1.41. The summed E-state index contributed by atoms with van der Waals surface area (Å²) in [5.41, 5.74) is 0.560. The Hall–Kier alpha value is -2.10. The van der Waals surface area contributed by atoms with Crippen molar-refractivity contribution in [2.75, 3.05) is 7.11 Å². The third kappa shape index (κ3) is 1.23. The van der Waals surface area contributed by atoms with Crippen LogP contribution in [0.5, 0.6) is 5.75 Å². The van der Waals surface area contributed by atoms with E-state index in [0.717, 1.165) is 0 Å². The van der Waals surface area contributed by atoms with Crippen molar-refractivity contribution in [3.8, 4) is 5.75 Å². The number of hydrogen-bond donors (Lipinski definition) is 1. The molecule has 0 heterocycles. The van der Waals surface area contributed by atoms with Gasteiger partial charge in [-0.05, 0) is 13.0 Å². The van der Waals surface area contributed by atoms with Gasteiger partial charge in [-0.3, -0.25) is 9.59 Å². The highest BCUT2D eigenvalue weighted by molar-refractivity contribution is 6.52. The molecule has 2 rings (SSSR count). The molecule has 0 saturated carbocycles. The average Bonchev–Trinajstić information content (AvgIpc) is 2.32. The van der Waals surface area contributed by atoms with Crippen molar-refractivity contribution in [3.05, 3.63) is 34.9 Å². The van der Waals surface area contributed by atoms with Gasteiger partial charge in [-0.25, -0.2) is 0 Å². The lowest BCUT2D eigenvalue weighted by molar-refractivity contribution is -0.111. The van der Waals surface area contributed by atoms with E-state index in [1.165, 1.54) is 14.0 Å². The molecule has 4 nitrogen and oxygen atoms in total. The molecule has 16 heavy (non-hydrogen) atoms. The second-order valence-corrected chi connectivity index (χ2v) is 3.51. The van der Waals surface area contributed by atoms with Gasteiger partial charge < -0.3 is 9.84 Å². The summed E-state index contributed by atoms with van der Waals surface area (Å²) in [5.74, 6) is -1.18. The first-order valence-corrected chi connectivity index (χ1v) is 4.74. The highest BCUT2D eigenvalue weighted by atomic mass is 16.5. The second-order valence-electron chi connectivity index (χ2n) is 3.51. The summed E-state index contributed by atoms with van der Waals surface area (Å²) in [6.45, 7) is 1.43. The van der Waals surface area contributed by atoms with Gasteiger partial charge in [0, 0.05) is 11.1 Å². The van der Waals surface area contributed by atoms with Gasteiger partial charge in [0.1, 0.15) is 11.5 Å². The van der Waals surface area contributed by atoms with Gasteiger partial charge in [-0.15, -0.1) is 0 Å². The number of methoxy groups -OCH3 is 1. The minimum Gasteiger partial charge on any atom is -0.507 e. The molecule has 1 aromatic rings. The highest BCUT2D eigenvalue weighted by Gasteiger charge is 2.32. The smallest absolute Gasteiger partial charge is 0.237 e. The summed E-state index contributed by atoms with van der Waals surface area (Å²) in [5, 5.41) is 9.79. The molecule has 0 bridgehead atoms. The Labute approximate surface area is 92.2 Å². The van der Waals surface area contributed by atoms with E-state index in [4.69, 9.17) is 4.74 Å². The lowest BCUT2D eigenvalue weighted by atomic mass is 9.88. The van der Waals surface area contributed by atoms with Gasteiger partial charge in [-0.2, -0.15) is 0 Å². The molecule has 1 aliphatic carbocycles. The molecular weight excluding hydrogens is 208 g/mol. The molecule has 0 aliphatic heterocycles. The predicted molar refractivity (Wildman–Crippen MR) is 57.6 cm³/mol. The van der Waals surface area contributed by atoms with Crippen molar-refractivity contribution < 1.29 is 19.4 Å². The highest BCUT2D eigenvalue weighted by Crippen LogP contribution is 2.33. The summed E-state index contributed by atoms with van der Waals surface area (Å²) in [6, 6.07) is 4.82. The van der Waals surface area contributed by atoms with Crippen LogP contribution >= 0.6 is 0 Å². The largest absolute Gasteiger partial charge is 0.507 e. The number of carbonyl (C=O) groups excluding carboxylic acids is 2. The summed E-state index contributed by atoms with van der Waals surface area (Å²) in [6.07, 6.45) is 0. The van der Waals surface area contributed by atoms with Crippen LogP contribution in [0.3, 0.4) is 0 Å². The van der Waals surface area contributed by atoms with E-state index < -0.39 is 11.6 Å². The molecule has 1 N–H and O–H groups in total. The number of hydrogen-bond acceptors (Lipinski definition) is 4. The van der Waals surface area contributed by atoms with E-state index in [9.17, 15) is 14.7 Å². The van der Waals surface area contributed by atoms with Crippen molar-refractivity contribution in [1.82, 2.24) is 0 Å². The first-order chi connectivity index (χ1) is 7.57. The summed E-state index contributed by atoms with van der Waals surface area (Å²) < 4.78 is 5.01. The van der Waals surface area contributed by atoms with E-state index in [2.05, 4.69) is 0 Å². The standard InChI is InChI=1S/C12H10O4/c1-6-10(13)7-4-3-5-8(16-2)9(7)12(15)11(6)14/h3-5,13H,1-2H3. The maximum Gasteiger partial charge on any atom is 0.237 e. The van der Waals surface area contributed by atoms with E-state index in [0.29, 0.717) is 11.3 Å². The zero-order chi connectivity index (χ0) is 11.9. The van der Waals surface area contributed by atoms with Crippen LogP contribution in [0.2, 0.25) is 0 Å². The normalized spacial score (nSPS) is 15.1. The molecule has 0 unspecified atom stereocenters. The van der Waals surface area contributed by atoms with Crippen LogP contribution < -0.4 is 4.74 Å². The zero-order valence-electron chi connectivity index (χ0n) is 8.90. The maximum atomic E-state index is 11.8. The Morgan fingerprint density at radius 3 is 2.50 bits per heavy atom. The number of ether oxygens (including phenoxy) is 1. The van der Waals surface area contributed by atoms with Gasteiger partial charge in [-0.1, -0.05) is 12.1 Å². The van der Waals surface area contributed by atoms with Gasteiger partial charge >= 0.3 is 0 Å². The Bertz CT molecular complexity index is 526. The molecule has 0 spiro atoms. The fourth-order valence-corrected chi connectivity index (χ4v) is 1.73. The average molecular weight is 218 g/mol. The van der Waals surface area contributed by atoms with Crippen molar-refractivity contribution in [2.45, 2.75) is 6.92 Å². The summed E-state index contributed by atoms with van der Waals surface area (Å²) >= 11 is 0. The zero-order valence-corrected chi connectivity index (χ0v) is 8.90. The number of rotatable bonds is 1. The molecule has 4 heteroatoms. The third-order valence-corrected chi connectivity index (χ3v) is 2.63. The van der Waals surface area contributed by atoms with Crippen LogP contribution in [0.15, 0.2) is 23.8 Å². The monoisotopic (exact) mass is 218 g/mol. The Morgan fingerprint density at radius 2 is 1.88 bits per heavy atom. The van der Waals surface area contributed by atoms with Crippen molar-refractivity contribution >= 4 is 17.3 Å². The number of allylic oxidation sites excluding steroid dienone is 1. The lowest BCUT2D eigenvalue weighted by Gasteiger charge is -2.17. The Balaban J connectivity index is 2.80. The van der Waals surface area contributed by atoms with Crippen molar-refractivity contribution in [1.29, 1.82) is 0 Å². The lowest BCUT2D eigenvalue weighted by Crippen LogP contribution is -2.23. The Kier molecular flexibility index (Phi) is 2.27. The number of aliphatic hydroxyl groups is 1. The van der Waals surface area contributed by atoms with Crippen LogP contribution in [-0.2, 0) is 4.79 Å². The van der Waals surface area contributed by atoms with Crippen LogP contribution in [0.4, 0.5) is 0 Å². The van der Waals surface area contributed by atoms with E-state index in [-0.39, 0.29) is 16.9 Å². The van der Waals surface area contributed by atoms with Crippen molar-refractivity contribution in [2.24, 2.45) is 0 Å². The molecule has 1 aliphatic rings. The maximum absolute atomic E-state index is 11.8. The molecule has 1 aromatic carbocycles. The van der Waals surface area contributed by atoms with E-state index in [1.54, 1.807) is 18.2 Å². The number of carbonyl (C=O) groups is 2. The fourth-order valence-electron chi connectivity index (χ4n) is 1.73. The van der Waals surface area contributed by atoms with Gasteiger partial charge in [0.2, 0.25) is 11.6 Å². The van der Waals surface area contributed by atoms with E-state index in [1.807, 2.05) is 0 Å². The minimum atomic E-state index is -0.686. The molecule has 82 valence electrons. The van der Waals surface area contributed by atoms with Crippen molar-refractivity contribution in [3.63, 3.8) is 0 Å².